The first-order valence-corrected chi connectivity index (χ1v) is 5.56. The molecule has 1 aliphatic heterocycles. The van der Waals surface area contributed by atoms with Gasteiger partial charge in [0.05, 0.1) is 0 Å². The zero-order valence-corrected chi connectivity index (χ0v) is 8.53. The first-order chi connectivity index (χ1) is 6.93. The third-order valence-electron chi connectivity index (χ3n) is 2.26. The van der Waals surface area contributed by atoms with Crippen molar-refractivity contribution in [3.05, 3.63) is 48.5 Å². The maximum atomic E-state index is 5.78. The molecule has 0 aliphatic carbocycles. The van der Waals surface area contributed by atoms with Gasteiger partial charge < -0.3 is 4.74 Å². The molecule has 1 heterocycles. The van der Waals surface area contributed by atoms with Gasteiger partial charge in [-0.1, -0.05) is 36.4 Å². The van der Waals surface area contributed by atoms with Crippen LogP contribution in [-0.2, 0) is 0 Å². The van der Waals surface area contributed by atoms with Crippen molar-refractivity contribution in [3.8, 4) is 11.5 Å². The van der Waals surface area contributed by atoms with E-state index < -0.39 is 0 Å². The van der Waals surface area contributed by atoms with Gasteiger partial charge >= 0.3 is 0 Å². The van der Waals surface area contributed by atoms with Gasteiger partial charge in [0.25, 0.3) is 0 Å². The van der Waals surface area contributed by atoms with Crippen LogP contribution in [0.5, 0.6) is 11.5 Å². The first-order valence-electron chi connectivity index (χ1n) is 4.56. The Balaban J connectivity index is 2.12. The quantitative estimate of drug-likeness (QED) is 0.494. The van der Waals surface area contributed by atoms with Crippen LogP contribution in [0.3, 0.4) is 0 Å². The zero-order chi connectivity index (χ0) is 9.38. The fourth-order valence-electron chi connectivity index (χ4n) is 1.58. The number of ether oxygens (including phenoxy) is 1. The fourth-order valence-corrected chi connectivity index (χ4v) is 2.75. The van der Waals surface area contributed by atoms with E-state index in [1.807, 2.05) is 24.3 Å². The molecule has 0 unspecified atom stereocenters. The maximum absolute atomic E-state index is 5.78. The average molecular weight is 196 g/mol. The number of hydrogen-bond acceptors (Lipinski definition) is 1. The Morgan fingerprint density at radius 3 is 1.79 bits per heavy atom. The lowest BCUT2D eigenvalue weighted by Crippen LogP contribution is -2.33. The second-order valence-corrected chi connectivity index (χ2v) is 4.55. The Morgan fingerprint density at radius 1 is 0.714 bits per heavy atom. The molecule has 2 aromatic rings. The molecule has 0 saturated heterocycles. The zero-order valence-electron chi connectivity index (χ0n) is 7.53. The molecule has 14 heavy (non-hydrogen) atoms. The van der Waals surface area contributed by atoms with Crippen LogP contribution in [0.25, 0.3) is 0 Å². The van der Waals surface area contributed by atoms with Gasteiger partial charge in [-0.2, -0.15) is 0 Å². The molecule has 0 amide bonds. The Hall–Kier alpha value is -1.54. The minimum Gasteiger partial charge on any atom is -0.458 e. The predicted octanol–water partition coefficient (Wildman–Crippen LogP) is 1.45. The van der Waals surface area contributed by atoms with Crippen LogP contribution in [0.2, 0.25) is 0 Å². The molecule has 2 radical (unpaired) electrons. The van der Waals surface area contributed by atoms with E-state index in [4.69, 9.17) is 4.74 Å². The van der Waals surface area contributed by atoms with Crippen molar-refractivity contribution in [1.82, 2.24) is 0 Å². The van der Waals surface area contributed by atoms with Gasteiger partial charge in [0, 0.05) is 0 Å². The van der Waals surface area contributed by atoms with Crippen LogP contribution < -0.4 is 15.1 Å². The van der Waals surface area contributed by atoms with Crippen molar-refractivity contribution in [2.75, 3.05) is 0 Å². The van der Waals surface area contributed by atoms with E-state index in [0.717, 1.165) is 21.0 Å². The predicted molar refractivity (Wildman–Crippen MR) is 58.0 cm³/mol. The lowest BCUT2D eigenvalue weighted by atomic mass is 10.3. The number of benzene rings is 2. The Labute approximate surface area is 85.2 Å². The molecular formula is C12H8OSi. The monoisotopic (exact) mass is 196 g/mol. The highest BCUT2D eigenvalue weighted by molar-refractivity contribution is 6.69. The van der Waals surface area contributed by atoms with E-state index in [9.17, 15) is 0 Å². The number of rotatable bonds is 0. The van der Waals surface area contributed by atoms with E-state index in [0.29, 0.717) is 0 Å². The minimum absolute atomic E-state index is 0.719. The van der Waals surface area contributed by atoms with Crippen LogP contribution in [0.15, 0.2) is 48.5 Å². The van der Waals surface area contributed by atoms with Crippen molar-refractivity contribution < 1.29 is 4.74 Å². The van der Waals surface area contributed by atoms with E-state index in [2.05, 4.69) is 24.3 Å². The molecule has 0 saturated carbocycles. The van der Waals surface area contributed by atoms with Crippen LogP contribution in [0.1, 0.15) is 0 Å². The summed E-state index contributed by atoms with van der Waals surface area (Å²) in [6.45, 7) is 0. The van der Waals surface area contributed by atoms with Crippen LogP contribution >= 0.6 is 0 Å². The standard InChI is InChI=1S/C12H8OSi/c1-3-7-11-9(5-1)13-10-6-2-4-8-12(10)14-11/h1-8H. The number of fused-ring (bicyclic) bond motifs is 2. The topological polar surface area (TPSA) is 9.23 Å². The highest BCUT2D eigenvalue weighted by Crippen LogP contribution is 2.20. The molecule has 0 fully saturated rings. The Morgan fingerprint density at radius 2 is 1.21 bits per heavy atom. The van der Waals surface area contributed by atoms with Gasteiger partial charge in [-0.15, -0.1) is 0 Å². The summed E-state index contributed by atoms with van der Waals surface area (Å²) in [6.07, 6.45) is 0. The highest BCUT2D eigenvalue weighted by atomic mass is 28.2. The molecule has 1 nitrogen and oxygen atoms in total. The van der Waals surface area contributed by atoms with Crippen molar-refractivity contribution in [1.29, 1.82) is 0 Å². The molecular weight excluding hydrogens is 188 g/mol. The van der Waals surface area contributed by atoms with Crippen LogP contribution in [0, 0.1) is 0 Å². The van der Waals surface area contributed by atoms with Crippen LogP contribution in [-0.4, -0.2) is 9.52 Å². The SMILES string of the molecule is c1ccc2c(c1)Oc1ccccc1[Si]2. The van der Waals surface area contributed by atoms with Gasteiger partial charge in [-0.25, -0.2) is 0 Å². The molecule has 2 heteroatoms. The highest BCUT2D eigenvalue weighted by Gasteiger charge is 2.15. The van der Waals surface area contributed by atoms with Gasteiger partial charge in [-0.05, 0) is 22.5 Å². The lowest BCUT2D eigenvalue weighted by molar-refractivity contribution is 0.488. The van der Waals surface area contributed by atoms with E-state index in [1.165, 1.54) is 10.4 Å². The van der Waals surface area contributed by atoms with Crippen molar-refractivity contribution in [2.24, 2.45) is 0 Å². The van der Waals surface area contributed by atoms with E-state index in [1.54, 1.807) is 0 Å². The smallest absolute Gasteiger partial charge is 0.131 e. The molecule has 0 N–H and O–H groups in total. The summed E-state index contributed by atoms with van der Waals surface area (Å²) >= 11 is 0. The fraction of sp³-hybridized carbons (Fsp3) is 0. The van der Waals surface area contributed by atoms with Crippen molar-refractivity contribution >= 4 is 19.9 Å². The Bertz CT molecular complexity index is 392. The second-order valence-electron chi connectivity index (χ2n) is 3.22. The average Bonchev–Trinajstić information content (AvgIpc) is 2.26. The van der Waals surface area contributed by atoms with Crippen molar-refractivity contribution in [2.45, 2.75) is 0 Å². The molecule has 0 aromatic heterocycles. The van der Waals surface area contributed by atoms with Crippen LogP contribution in [0.4, 0.5) is 0 Å². The third-order valence-corrected chi connectivity index (χ3v) is 3.63. The first kappa shape index (κ1) is 7.82. The van der Waals surface area contributed by atoms with E-state index in [-0.39, 0.29) is 0 Å². The molecule has 0 spiro atoms. The molecule has 0 bridgehead atoms. The summed E-state index contributed by atoms with van der Waals surface area (Å²) in [7, 11) is 0.719. The second kappa shape index (κ2) is 2.99. The summed E-state index contributed by atoms with van der Waals surface area (Å²) in [5, 5.41) is 2.59. The number of hydrogen-bond donors (Lipinski definition) is 0. The van der Waals surface area contributed by atoms with Crippen molar-refractivity contribution in [3.63, 3.8) is 0 Å². The third kappa shape index (κ3) is 1.15. The Kier molecular flexibility index (Phi) is 1.67. The molecule has 3 rings (SSSR count). The summed E-state index contributed by atoms with van der Waals surface area (Å²) < 4.78 is 5.78. The van der Waals surface area contributed by atoms with Gasteiger partial charge in [0.2, 0.25) is 0 Å². The normalized spacial score (nSPS) is 12.6. The summed E-state index contributed by atoms with van der Waals surface area (Å²) in [5.74, 6) is 2.01. The number of para-hydroxylation sites is 2. The largest absolute Gasteiger partial charge is 0.458 e. The van der Waals surface area contributed by atoms with E-state index >= 15 is 0 Å². The molecule has 66 valence electrons. The minimum atomic E-state index is 0.719. The van der Waals surface area contributed by atoms with Gasteiger partial charge in [-0.3, -0.25) is 0 Å². The molecule has 1 aliphatic rings. The maximum Gasteiger partial charge on any atom is 0.131 e. The van der Waals surface area contributed by atoms with Gasteiger partial charge in [0.15, 0.2) is 0 Å². The molecule has 0 atom stereocenters. The lowest BCUT2D eigenvalue weighted by Gasteiger charge is -2.18. The summed E-state index contributed by atoms with van der Waals surface area (Å²) in [6, 6.07) is 16.4. The summed E-state index contributed by atoms with van der Waals surface area (Å²) in [4.78, 5) is 0. The summed E-state index contributed by atoms with van der Waals surface area (Å²) in [5.41, 5.74) is 0. The molecule has 2 aromatic carbocycles. The van der Waals surface area contributed by atoms with Gasteiger partial charge in [0.1, 0.15) is 21.0 Å².